The Morgan fingerprint density at radius 3 is 2.09 bits per heavy atom. The topological polar surface area (TPSA) is 46.6 Å². The summed E-state index contributed by atoms with van der Waals surface area (Å²) in [7, 11) is -3.50. The summed E-state index contributed by atoms with van der Waals surface area (Å²) in [6.07, 6.45) is 1.15. The van der Waals surface area contributed by atoms with Gasteiger partial charge < -0.3 is 4.74 Å². The smallest absolute Gasteiger partial charge is 0.232 e. The van der Waals surface area contributed by atoms with Crippen molar-refractivity contribution in [1.29, 1.82) is 0 Å². The predicted octanol–water partition coefficient (Wildman–Crippen LogP) is 4.36. The fourth-order valence-electron chi connectivity index (χ4n) is 2.10. The average molecular weight is 374 g/mol. The summed E-state index contributed by atoms with van der Waals surface area (Å²) < 4.78 is 31.0. The lowest BCUT2D eigenvalue weighted by Gasteiger charge is -2.23. The lowest BCUT2D eigenvalue weighted by molar-refractivity contribution is 0.340. The first-order valence-electron chi connectivity index (χ1n) is 6.96. The summed E-state index contributed by atoms with van der Waals surface area (Å²) in [5.41, 5.74) is 1.09. The summed E-state index contributed by atoms with van der Waals surface area (Å²) >= 11 is 12.3. The molecule has 0 fully saturated rings. The van der Waals surface area contributed by atoms with Crippen LogP contribution in [0.5, 0.6) is 5.75 Å². The minimum Gasteiger partial charge on any atom is -0.494 e. The summed E-state index contributed by atoms with van der Waals surface area (Å²) in [6.45, 7) is 2.49. The molecule has 0 N–H and O–H groups in total. The van der Waals surface area contributed by atoms with Crippen molar-refractivity contribution in [2.45, 2.75) is 13.5 Å². The van der Waals surface area contributed by atoms with E-state index in [9.17, 15) is 8.42 Å². The standard InChI is InChI=1S/C16H17Cl2NO3S/c1-3-22-13-9-7-12(8-10-13)19(23(2,20)21)11-14-15(17)5-4-6-16(14)18/h4-10H,3,11H2,1-2H3. The van der Waals surface area contributed by atoms with Gasteiger partial charge in [-0.05, 0) is 43.3 Å². The SMILES string of the molecule is CCOc1ccc(N(Cc2c(Cl)cccc2Cl)S(C)(=O)=O)cc1. The molecule has 0 aromatic heterocycles. The van der Waals surface area contributed by atoms with Crippen LogP contribution >= 0.6 is 23.2 Å². The maximum atomic E-state index is 12.2. The number of nitrogens with zero attached hydrogens (tertiary/aromatic N) is 1. The lowest BCUT2D eigenvalue weighted by Crippen LogP contribution is -2.29. The van der Waals surface area contributed by atoms with E-state index in [-0.39, 0.29) is 6.54 Å². The maximum absolute atomic E-state index is 12.2. The molecule has 0 heterocycles. The van der Waals surface area contributed by atoms with Crippen LogP contribution in [0.4, 0.5) is 5.69 Å². The zero-order valence-electron chi connectivity index (χ0n) is 12.8. The number of hydrogen-bond acceptors (Lipinski definition) is 3. The molecule has 0 unspecified atom stereocenters. The molecule has 2 rings (SSSR count). The number of rotatable bonds is 6. The molecule has 0 spiro atoms. The summed E-state index contributed by atoms with van der Waals surface area (Å²) in [5.74, 6) is 0.681. The van der Waals surface area contributed by atoms with E-state index < -0.39 is 10.0 Å². The fourth-order valence-corrected chi connectivity index (χ4v) is 3.49. The van der Waals surface area contributed by atoms with Crippen LogP contribution < -0.4 is 9.04 Å². The van der Waals surface area contributed by atoms with E-state index in [1.54, 1.807) is 42.5 Å². The summed E-state index contributed by atoms with van der Waals surface area (Å²) in [4.78, 5) is 0. The van der Waals surface area contributed by atoms with Crippen molar-refractivity contribution in [3.05, 3.63) is 58.1 Å². The fraction of sp³-hybridized carbons (Fsp3) is 0.250. The van der Waals surface area contributed by atoms with Crippen molar-refractivity contribution in [1.82, 2.24) is 0 Å². The van der Waals surface area contributed by atoms with Crippen LogP contribution in [0.2, 0.25) is 10.0 Å². The van der Waals surface area contributed by atoms with Gasteiger partial charge in [0, 0.05) is 15.6 Å². The van der Waals surface area contributed by atoms with Crippen LogP contribution in [0.15, 0.2) is 42.5 Å². The van der Waals surface area contributed by atoms with Gasteiger partial charge >= 0.3 is 0 Å². The normalized spacial score (nSPS) is 11.3. The van der Waals surface area contributed by atoms with E-state index in [1.807, 2.05) is 6.92 Å². The highest BCUT2D eigenvalue weighted by molar-refractivity contribution is 7.92. The van der Waals surface area contributed by atoms with E-state index in [2.05, 4.69) is 0 Å². The van der Waals surface area contributed by atoms with Gasteiger partial charge in [-0.2, -0.15) is 0 Å². The minimum atomic E-state index is -3.50. The number of ether oxygens (including phenoxy) is 1. The third-order valence-corrected chi connectivity index (χ3v) is 5.05. The van der Waals surface area contributed by atoms with Crippen LogP contribution in [0.3, 0.4) is 0 Å². The summed E-state index contributed by atoms with van der Waals surface area (Å²) in [6, 6.07) is 11.9. The molecule has 0 amide bonds. The van der Waals surface area contributed by atoms with Gasteiger partial charge in [0.05, 0.1) is 25.1 Å². The predicted molar refractivity (Wildman–Crippen MR) is 95.1 cm³/mol. The number of sulfonamides is 1. The highest BCUT2D eigenvalue weighted by Crippen LogP contribution is 2.29. The molecule has 0 atom stereocenters. The Kier molecular flexibility index (Phi) is 5.79. The van der Waals surface area contributed by atoms with Gasteiger partial charge in [-0.1, -0.05) is 29.3 Å². The highest BCUT2D eigenvalue weighted by Gasteiger charge is 2.20. The Labute approximate surface area is 146 Å². The third-order valence-electron chi connectivity index (χ3n) is 3.20. The first-order chi connectivity index (χ1) is 10.8. The Hall–Kier alpha value is -1.43. The molecule has 0 saturated carbocycles. The quantitative estimate of drug-likeness (QED) is 0.755. The van der Waals surface area contributed by atoms with Crippen molar-refractivity contribution in [3.8, 4) is 5.75 Å². The molecular formula is C16H17Cl2NO3S. The monoisotopic (exact) mass is 373 g/mol. The molecule has 124 valence electrons. The third kappa shape index (κ3) is 4.53. The molecule has 23 heavy (non-hydrogen) atoms. The molecule has 0 radical (unpaired) electrons. The molecule has 0 saturated heterocycles. The van der Waals surface area contributed by atoms with Gasteiger partial charge in [-0.15, -0.1) is 0 Å². The first-order valence-corrected chi connectivity index (χ1v) is 9.57. The number of hydrogen-bond donors (Lipinski definition) is 0. The van der Waals surface area contributed by atoms with Crippen LogP contribution in [0.25, 0.3) is 0 Å². The molecule has 0 aliphatic carbocycles. The number of halogens is 2. The van der Waals surface area contributed by atoms with E-state index in [0.29, 0.717) is 33.7 Å². The Bertz CT molecular complexity index is 756. The Morgan fingerprint density at radius 1 is 1.04 bits per heavy atom. The van der Waals surface area contributed by atoms with E-state index in [0.717, 1.165) is 6.26 Å². The highest BCUT2D eigenvalue weighted by atomic mass is 35.5. The zero-order valence-corrected chi connectivity index (χ0v) is 15.1. The second kappa shape index (κ2) is 7.43. The molecule has 7 heteroatoms. The lowest BCUT2D eigenvalue weighted by atomic mass is 10.2. The van der Waals surface area contributed by atoms with Gasteiger partial charge in [-0.25, -0.2) is 8.42 Å². The van der Waals surface area contributed by atoms with Crippen LogP contribution in [0.1, 0.15) is 12.5 Å². The number of anilines is 1. The van der Waals surface area contributed by atoms with Gasteiger partial charge in [0.25, 0.3) is 0 Å². The number of benzene rings is 2. The zero-order chi connectivity index (χ0) is 17.0. The largest absolute Gasteiger partial charge is 0.494 e. The first kappa shape index (κ1) is 17.9. The van der Waals surface area contributed by atoms with Crippen molar-refractivity contribution in [3.63, 3.8) is 0 Å². The van der Waals surface area contributed by atoms with Crippen LogP contribution in [0, 0.1) is 0 Å². The van der Waals surface area contributed by atoms with Crippen molar-refractivity contribution < 1.29 is 13.2 Å². The maximum Gasteiger partial charge on any atom is 0.232 e. The Balaban J connectivity index is 2.39. The molecule has 4 nitrogen and oxygen atoms in total. The molecule has 0 aliphatic rings. The molecule has 2 aromatic rings. The molecule has 0 aliphatic heterocycles. The van der Waals surface area contributed by atoms with Gasteiger partial charge in [0.1, 0.15) is 5.75 Å². The average Bonchev–Trinajstić information content (AvgIpc) is 2.47. The van der Waals surface area contributed by atoms with E-state index in [1.165, 1.54) is 4.31 Å². The van der Waals surface area contributed by atoms with E-state index in [4.69, 9.17) is 27.9 Å². The van der Waals surface area contributed by atoms with Gasteiger partial charge in [-0.3, -0.25) is 4.31 Å². The molecule has 0 bridgehead atoms. The van der Waals surface area contributed by atoms with E-state index >= 15 is 0 Å². The second-order valence-electron chi connectivity index (χ2n) is 4.90. The van der Waals surface area contributed by atoms with Gasteiger partial charge in [0.15, 0.2) is 0 Å². The molecular weight excluding hydrogens is 357 g/mol. The van der Waals surface area contributed by atoms with Crippen molar-refractivity contribution in [2.24, 2.45) is 0 Å². The van der Waals surface area contributed by atoms with Crippen LogP contribution in [-0.4, -0.2) is 21.3 Å². The summed E-state index contributed by atoms with van der Waals surface area (Å²) in [5, 5.41) is 0.856. The van der Waals surface area contributed by atoms with Crippen LogP contribution in [-0.2, 0) is 16.6 Å². The minimum absolute atomic E-state index is 0.0608. The van der Waals surface area contributed by atoms with Gasteiger partial charge in [0.2, 0.25) is 10.0 Å². The second-order valence-corrected chi connectivity index (χ2v) is 7.62. The van der Waals surface area contributed by atoms with Crippen molar-refractivity contribution >= 4 is 38.9 Å². The molecule has 2 aromatic carbocycles. The van der Waals surface area contributed by atoms with Crippen molar-refractivity contribution in [2.75, 3.05) is 17.2 Å². The Morgan fingerprint density at radius 2 is 1.61 bits per heavy atom.